The van der Waals surface area contributed by atoms with E-state index in [0.29, 0.717) is 16.6 Å². The first-order valence-corrected chi connectivity index (χ1v) is 12.4. The Labute approximate surface area is 188 Å². The predicted octanol–water partition coefficient (Wildman–Crippen LogP) is 2.78. The number of benzene rings is 1. The zero-order valence-corrected chi connectivity index (χ0v) is 19.2. The molecule has 3 heterocycles. The zero-order valence-electron chi connectivity index (χ0n) is 16.8. The number of nitrogens with zero attached hydrogens (tertiary/aromatic N) is 4. The summed E-state index contributed by atoms with van der Waals surface area (Å²) in [5.41, 5.74) is 6.15. The number of anilines is 1. The molecule has 0 bridgehead atoms. The van der Waals surface area contributed by atoms with E-state index in [2.05, 4.69) is 44.4 Å². The highest BCUT2D eigenvalue weighted by molar-refractivity contribution is 7.92. The number of sulfonamides is 1. The van der Waals surface area contributed by atoms with Crippen molar-refractivity contribution in [3.05, 3.63) is 46.1 Å². The molecule has 9 nitrogen and oxygen atoms in total. The van der Waals surface area contributed by atoms with Gasteiger partial charge in [-0.1, -0.05) is 31.5 Å². The first-order valence-electron chi connectivity index (χ1n) is 9.64. The Hall–Kier alpha value is -2.63. The Morgan fingerprint density at radius 3 is 2.97 bits per heavy atom. The summed E-state index contributed by atoms with van der Waals surface area (Å²) in [6.07, 6.45) is 2.36. The van der Waals surface area contributed by atoms with E-state index < -0.39 is 10.0 Å². The number of aromatic nitrogens is 2. The summed E-state index contributed by atoms with van der Waals surface area (Å²) < 4.78 is 30.3. The Morgan fingerprint density at radius 2 is 2.19 bits per heavy atom. The molecule has 0 spiro atoms. The second kappa shape index (κ2) is 7.21. The van der Waals surface area contributed by atoms with E-state index in [1.54, 1.807) is 17.6 Å². The van der Waals surface area contributed by atoms with E-state index in [9.17, 15) is 8.42 Å². The molecule has 0 atom stereocenters. The third-order valence-corrected chi connectivity index (χ3v) is 7.86. The Bertz CT molecular complexity index is 1350. The number of hydrogen-bond donors (Lipinski definition) is 3. The number of rotatable bonds is 4. The molecule has 0 amide bonds. The molecule has 0 saturated carbocycles. The van der Waals surface area contributed by atoms with Gasteiger partial charge in [0.15, 0.2) is 15.1 Å². The van der Waals surface area contributed by atoms with Gasteiger partial charge in [0.1, 0.15) is 0 Å². The molecule has 31 heavy (non-hydrogen) atoms. The van der Waals surface area contributed by atoms with Crippen LogP contribution in [0, 0.1) is 0 Å². The van der Waals surface area contributed by atoms with Crippen LogP contribution in [-0.2, 0) is 15.4 Å². The molecule has 162 valence electrons. The second-order valence-corrected chi connectivity index (χ2v) is 10.8. The molecule has 1 aliphatic heterocycles. The maximum absolute atomic E-state index is 13.1. The van der Waals surface area contributed by atoms with Crippen LogP contribution in [0.3, 0.4) is 0 Å². The Balaban J connectivity index is 1.49. The van der Waals surface area contributed by atoms with Crippen LogP contribution in [-0.4, -0.2) is 42.6 Å². The van der Waals surface area contributed by atoms with E-state index in [-0.39, 0.29) is 15.6 Å². The van der Waals surface area contributed by atoms with Crippen molar-refractivity contribution in [2.24, 2.45) is 10.1 Å². The van der Waals surface area contributed by atoms with Crippen molar-refractivity contribution in [2.45, 2.75) is 30.7 Å². The molecule has 3 N–H and O–H groups in total. The van der Waals surface area contributed by atoms with Crippen molar-refractivity contribution >= 4 is 55.3 Å². The van der Waals surface area contributed by atoms with Gasteiger partial charge in [-0.25, -0.2) is 15.4 Å². The Morgan fingerprint density at radius 1 is 1.35 bits per heavy atom. The van der Waals surface area contributed by atoms with Crippen LogP contribution in [0.15, 0.2) is 44.9 Å². The second-order valence-electron chi connectivity index (χ2n) is 8.02. The van der Waals surface area contributed by atoms with Crippen LogP contribution in [0.5, 0.6) is 0 Å². The summed E-state index contributed by atoms with van der Waals surface area (Å²) in [5, 5.41) is 9.29. The fourth-order valence-corrected chi connectivity index (χ4v) is 6.43. The summed E-state index contributed by atoms with van der Waals surface area (Å²) in [5.74, 6) is 0.644. The molecule has 0 radical (unpaired) electrons. The van der Waals surface area contributed by atoms with Gasteiger partial charge in [-0.3, -0.25) is 9.12 Å². The van der Waals surface area contributed by atoms with Gasteiger partial charge in [-0.2, -0.15) is 13.5 Å². The number of hydrazone groups is 1. The number of halogens is 1. The number of hydrogen-bond acceptors (Lipinski definition) is 8. The van der Waals surface area contributed by atoms with E-state index in [1.807, 2.05) is 12.1 Å². The topological polar surface area (TPSA) is 112 Å². The van der Waals surface area contributed by atoms with Crippen molar-refractivity contribution in [3.8, 4) is 0 Å². The van der Waals surface area contributed by atoms with Gasteiger partial charge in [0.25, 0.3) is 10.0 Å². The lowest BCUT2D eigenvalue weighted by Crippen LogP contribution is -2.31. The summed E-state index contributed by atoms with van der Waals surface area (Å²) in [6, 6.07) is 5.52. The summed E-state index contributed by atoms with van der Waals surface area (Å²) in [6.45, 7) is 5.79. The van der Waals surface area contributed by atoms with Crippen molar-refractivity contribution in [1.82, 2.24) is 20.1 Å². The first-order chi connectivity index (χ1) is 14.7. The van der Waals surface area contributed by atoms with Crippen molar-refractivity contribution in [1.29, 1.82) is 0 Å². The minimum absolute atomic E-state index is 0.0575. The maximum Gasteiger partial charge on any atom is 0.281 e. The lowest BCUT2D eigenvalue weighted by atomic mass is 9.86. The Kier molecular flexibility index (Phi) is 4.72. The van der Waals surface area contributed by atoms with Gasteiger partial charge in [-0.15, -0.1) is 11.3 Å². The molecule has 2 aromatic heterocycles. The van der Waals surface area contributed by atoms with E-state index in [1.165, 1.54) is 15.7 Å². The molecule has 12 heteroatoms. The van der Waals surface area contributed by atoms with Crippen LogP contribution in [0.2, 0.25) is 5.15 Å². The van der Waals surface area contributed by atoms with Gasteiger partial charge >= 0.3 is 0 Å². The third-order valence-electron chi connectivity index (χ3n) is 5.33. The summed E-state index contributed by atoms with van der Waals surface area (Å²) >= 11 is 7.44. The third kappa shape index (κ3) is 3.56. The highest BCUT2D eigenvalue weighted by atomic mass is 35.5. The van der Waals surface area contributed by atoms with Crippen molar-refractivity contribution in [3.63, 3.8) is 0 Å². The van der Waals surface area contributed by atoms with Gasteiger partial charge in [0, 0.05) is 35.8 Å². The van der Waals surface area contributed by atoms with Crippen LogP contribution in [0.4, 0.5) is 5.69 Å². The first kappa shape index (κ1) is 20.3. The van der Waals surface area contributed by atoms with E-state index in [4.69, 9.17) is 11.6 Å². The number of fused-ring (bicyclic) bond motifs is 2. The summed E-state index contributed by atoms with van der Waals surface area (Å²) in [4.78, 5) is 8.92. The van der Waals surface area contributed by atoms with Gasteiger partial charge in [0.2, 0.25) is 5.96 Å². The quantitative estimate of drug-likeness (QED) is 0.500. The lowest BCUT2D eigenvalue weighted by molar-refractivity contribution is 0.567. The average Bonchev–Trinajstić information content (AvgIpc) is 3.44. The number of aliphatic imine (C=N–C) groups is 1. The zero-order chi connectivity index (χ0) is 21.8. The van der Waals surface area contributed by atoms with Crippen LogP contribution < -0.4 is 15.5 Å². The molecule has 0 fully saturated rings. The number of imidazole rings is 1. The largest absolute Gasteiger partial charge is 0.353 e. The molecule has 0 unspecified atom stereocenters. The molecule has 1 aliphatic carbocycles. The standard InChI is InChI=1S/C19H20ClN7O2S2/c1-19(2)10-14(24-25-17-21-5-6-22-17)12-9-11(3-4-13(12)19)26-31(28,29)16-15(20)23-18-27(16)7-8-30-18/h3-4,7-9,26H,5-6,10H2,1-2H3,(H2,21,22,25)/b24-14-. The smallest absolute Gasteiger partial charge is 0.281 e. The fourth-order valence-electron chi connectivity index (χ4n) is 3.92. The van der Waals surface area contributed by atoms with E-state index >= 15 is 0 Å². The SMILES string of the molecule is CC1(C)C/C(=N/NC2=NCCN2)c2cc(NS(=O)(=O)c3c(Cl)nc4sccn34)ccc21. The highest BCUT2D eigenvalue weighted by Gasteiger charge is 2.35. The molecular weight excluding hydrogens is 458 g/mol. The van der Waals surface area contributed by atoms with Crippen LogP contribution in [0.25, 0.3) is 4.96 Å². The maximum atomic E-state index is 13.1. The number of nitrogens with one attached hydrogen (secondary N) is 3. The number of thiazole rings is 1. The molecule has 0 saturated heterocycles. The number of guanidine groups is 1. The molecule has 1 aromatic carbocycles. The van der Waals surface area contributed by atoms with E-state index in [0.717, 1.165) is 36.3 Å². The van der Waals surface area contributed by atoms with Crippen molar-refractivity contribution in [2.75, 3.05) is 17.8 Å². The van der Waals surface area contributed by atoms with Crippen LogP contribution >= 0.6 is 22.9 Å². The molecule has 2 aliphatic rings. The lowest BCUT2D eigenvalue weighted by Gasteiger charge is -2.18. The monoisotopic (exact) mass is 477 g/mol. The minimum Gasteiger partial charge on any atom is -0.353 e. The van der Waals surface area contributed by atoms with Crippen molar-refractivity contribution < 1.29 is 8.42 Å². The molecule has 3 aromatic rings. The van der Waals surface area contributed by atoms with Crippen LogP contribution in [0.1, 0.15) is 31.4 Å². The molecule has 5 rings (SSSR count). The highest BCUT2D eigenvalue weighted by Crippen LogP contribution is 2.40. The fraction of sp³-hybridized carbons (Fsp3) is 0.316. The predicted molar refractivity (Wildman–Crippen MR) is 123 cm³/mol. The molecular formula is C19H20ClN7O2S2. The van der Waals surface area contributed by atoms with Gasteiger partial charge in [0.05, 0.1) is 12.3 Å². The van der Waals surface area contributed by atoms with Gasteiger partial charge < -0.3 is 5.32 Å². The minimum atomic E-state index is -3.95. The average molecular weight is 478 g/mol. The van der Waals surface area contributed by atoms with Gasteiger partial charge in [-0.05, 0) is 23.1 Å². The normalized spacial score (nSPS) is 18.8. The summed E-state index contributed by atoms with van der Waals surface area (Å²) in [7, 11) is -3.95.